The lowest BCUT2D eigenvalue weighted by Crippen LogP contribution is -2.26. The highest BCUT2D eigenvalue weighted by atomic mass is 16.5. The van der Waals surface area contributed by atoms with Crippen molar-refractivity contribution in [3.05, 3.63) is 0 Å². The minimum Gasteiger partial charge on any atom is -0.481 e. The van der Waals surface area contributed by atoms with Gasteiger partial charge in [0, 0.05) is 7.11 Å². The molecule has 1 N–H and O–H groups in total. The SMILES string of the molecule is COC(C)CC(C(=O)O)C1CCCC1. The molecule has 3 nitrogen and oxygen atoms in total. The Labute approximate surface area is 85.5 Å². The van der Waals surface area contributed by atoms with Crippen LogP contribution in [0, 0.1) is 11.8 Å². The van der Waals surface area contributed by atoms with Crippen LogP contribution in [0.4, 0.5) is 0 Å². The van der Waals surface area contributed by atoms with Crippen LogP contribution >= 0.6 is 0 Å². The Bertz CT molecular complexity index is 185. The number of aliphatic carboxylic acids is 1. The molecule has 0 radical (unpaired) electrons. The van der Waals surface area contributed by atoms with Gasteiger partial charge in [0.05, 0.1) is 12.0 Å². The van der Waals surface area contributed by atoms with Gasteiger partial charge in [0.2, 0.25) is 0 Å². The van der Waals surface area contributed by atoms with E-state index in [0.29, 0.717) is 12.3 Å². The summed E-state index contributed by atoms with van der Waals surface area (Å²) >= 11 is 0. The molecule has 1 rings (SSSR count). The van der Waals surface area contributed by atoms with Crippen LogP contribution in [-0.4, -0.2) is 24.3 Å². The predicted molar refractivity (Wildman–Crippen MR) is 54.2 cm³/mol. The van der Waals surface area contributed by atoms with Gasteiger partial charge in [-0.3, -0.25) is 4.79 Å². The average Bonchev–Trinajstić information content (AvgIpc) is 2.65. The molecule has 2 atom stereocenters. The summed E-state index contributed by atoms with van der Waals surface area (Å²) < 4.78 is 5.13. The Balaban J connectivity index is 2.49. The molecule has 0 aromatic rings. The van der Waals surface area contributed by atoms with Crippen LogP contribution in [0.25, 0.3) is 0 Å². The molecule has 0 aliphatic heterocycles. The van der Waals surface area contributed by atoms with Crippen molar-refractivity contribution < 1.29 is 14.6 Å². The molecule has 1 aliphatic carbocycles. The summed E-state index contributed by atoms with van der Waals surface area (Å²) in [7, 11) is 1.64. The smallest absolute Gasteiger partial charge is 0.306 e. The standard InChI is InChI=1S/C11H20O3/c1-8(14-2)7-10(11(12)13)9-5-3-4-6-9/h8-10H,3-7H2,1-2H3,(H,12,13). The van der Waals surface area contributed by atoms with Crippen LogP contribution in [0.15, 0.2) is 0 Å². The Hall–Kier alpha value is -0.570. The van der Waals surface area contributed by atoms with E-state index < -0.39 is 5.97 Å². The fourth-order valence-corrected chi connectivity index (χ4v) is 2.31. The Morgan fingerprint density at radius 2 is 2.07 bits per heavy atom. The molecule has 3 heteroatoms. The third-order valence-corrected chi connectivity index (χ3v) is 3.27. The second kappa shape index (κ2) is 5.35. The van der Waals surface area contributed by atoms with Gasteiger partial charge in [-0.15, -0.1) is 0 Å². The van der Waals surface area contributed by atoms with E-state index in [4.69, 9.17) is 9.84 Å². The van der Waals surface area contributed by atoms with Crippen molar-refractivity contribution in [1.82, 2.24) is 0 Å². The van der Waals surface area contributed by atoms with E-state index in [1.165, 1.54) is 12.8 Å². The van der Waals surface area contributed by atoms with Crippen molar-refractivity contribution in [2.45, 2.75) is 45.1 Å². The van der Waals surface area contributed by atoms with Crippen LogP contribution in [0.1, 0.15) is 39.0 Å². The van der Waals surface area contributed by atoms with Crippen molar-refractivity contribution in [1.29, 1.82) is 0 Å². The first-order valence-corrected chi connectivity index (χ1v) is 5.40. The first-order chi connectivity index (χ1) is 6.65. The average molecular weight is 200 g/mol. The van der Waals surface area contributed by atoms with E-state index in [9.17, 15) is 4.79 Å². The molecule has 82 valence electrons. The highest BCUT2D eigenvalue weighted by Crippen LogP contribution is 2.34. The first-order valence-electron chi connectivity index (χ1n) is 5.40. The maximum Gasteiger partial charge on any atom is 0.306 e. The topological polar surface area (TPSA) is 46.5 Å². The van der Waals surface area contributed by atoms with Gasteiger partial charge in [0.25, 0.3) is 0 Å². The van der Waals surface area contributed by atoms with E-state index in [1.807, 2.05) is 6.92 Å². The number of hydrogen-bond donors (Lipinski definition) is 1. The van der Waals surface area contributed by atoms with E-state index in [0.717, 1.165) is 12.8 Å². The van der Waals surface area contributed by atoms with Gasteiger partial charge in [0.1, 0.15) is 0 Å². The van der Waals surface area contributed by atoms with E-state index in [-0.39, 0.29) is 12.0 Å². The van der Waals surface area contributed by atoms with Crippen molar-refractivity contribution in [2.75, 3.05) is 7.11 Å². The molecule has 1 fully saturated rings. The lowest BCUT2D eigenvalue weighted by molar-refractivity contribution is -0.145. The minimum atomic E-state index is -0.652. The summed E-state index contributed by atoms with van der Waals surface area (Å²) in [5.41, 5.74) is 0. The summed E-state index contributed by atoms with van der Waals surface area (Å²) in [6, 6.07) is 0. The second-order valence-corrected chi connectivity index (χ2v) is 4.27. The fraction of sp³-hybridized carbons (Fsp3) is 0.909. The molecule has 0 aromatic carbocycles. The van der Waals surface area contributed by atoms with E-state index >= 15 is 0 Å². The number of methoxy groups -OCH3 is 1. The largest absolute Gasteiger partial charge is 0.481 e. The zero-order valence-corrected chi connectivity index (χ0v) is 9.03. The monoisotopic (exact) mass is 200 g/mol. The van der Waals surface area contributed by atoms with Crippen molar-refractivity contribution in [3.8, 4) is 0 Å². The van der Waals surface area contributed by atoms with Crippen molar-refractivity contribution >= 4 is 5.97 Å². The van der Waals surface area contributed by atoms with Crippen molar-refractivity contribution in [3.63, 3.8) is 0 Å². The number of ether oxygens (including phenoxy) is 1. The Morgan fingerprint density at radius 3 is 2.50 bits per heavy atom. The molecular weight excluding hydrogens is 180 g/mol. The molecule has 0 bridgehead atoms. The lowest BCUT2D eigenvalue weighted by atomic mass is 9.86. The summed E-state index contributed by atoms with van der Waals surface area (Å²) in [5.74, 6) is -0.474. The van der Waals surface area contributed by atoms with E-state index in [1.54, 1.807) is 7.11 Å². The summed E-state index contributed by atoms with van der Waals surface area (Å²) in [6.07, 6.45) is 5.24. The summed E-state index contributed by atoms with van der Waals surface area (Å²) in [6.45, 7) is 1.94. The quantitative estimate of drug-likeness (QED) is 0.740. The normalized spacial score (nSPS) is 22.1. The number of carboxylic acid groups (broad SMARTS) is 1. The van der Waals surface area contributed by atoms with Crippen LogP contribution in [0.3, 0.4) is 0 Å². The Kier molecular flexibility index (Phi) is 4.39. The molecule has 1 aliphatic rings. The van der Waals surface area contributed by atoms with Gasteiger partial charge < -0.3 is 9.84 Å². The Morgan fingerprint density at radius 1 is 1.50 bits per heavy atom. The van der Waals surface area contributed by atoms with E-state index in [2.05, 4.69) is 0 Å². The molecule has 0 aromatic heterocycles. The lowest BCUT2D eigenvalue weighted by Gasteiger charge is -2.21. The van der Waals surface area contributed by atoms with Crippen LogP contribution in [0.2, 0.25) is 0 Å². The van der Waals surface area contributed by atoms with Crippen LogP contribution in [-0.2, 0) is 9.53 Å². The van der Waals surface area contributed by atoms with Gasteiger partial charge in [-0.1, -0.05) is 12.8 Å². The predicted octanol–water partition coefficient (Wildman–Crippen LogP) is 2.30. The molecule has 0 amide bonds. The molecule has 14 heavy (non-hydrogen) atoms. The first kappa shape index (κ1) is 11.5. The van der Waals surface area contributed by atoms with Gasteiger partial charge >= 0.3 is 5.97 Å². The number of hydrogen-bond acceptors (Lipinski definition) is 2. The summed E-state index contributed by atoms with van der Waals surface area (Å²) in [4.78, 5) is 11.1. The van der Waals surface area contributed by atoms with Crippen molar-refractivity contribution in [2.24, 2.45) is 11.8 Å². The molecule has 2 unspecified atom stereocenters. The number of carboxylic acids is 1. The van der Waals surface area contributed by atoms with Crippen LogP contribution in [0.5, 0.6) is 0 Å². The second-order valence-electron chi connectivity index (χ2n) is 4.27. The van der Waals surface area contributed by atoms with Gasteiger partial charge in [0.15, 0.2) is 0 Å². The maximum atomic E-state index is 11.1. The van der Waals surface area contributed by atoms with Gasteiger partial charge in [-0.05, 0) is 32.1 Å². The fourth-order valence-electron chi connectivity index (χ4n) is 2.31. The molecule has 0 spiro atoms. The molecule has 0 heterocycles. The van der Waals surface area contributed by atoms with Crippen LogP contribution < -0.4 is 0 Å². The molecule has 1 saturated carbocycles. The highest BCUT2D eigenvalue weighted by Gasteiger charge is 2.31. The van der Waals surface area contributed by atoms with Gasteiger partial charge in [-0.25, -0.2) is 0 Å². The number of carbonyl (C=O) groups is 1. The molecular formula is C11H20O3. The zero-order valence-electron chi connectivity index (χ0n) is 9.03. The minimum absolute atomic E-state index is 0.0525. The molecule has 0 saturated heterocycles. The highest BCUT2D eigenvalue weighted by molar-refractivity contribution is 5.70. The zero-order chi connectivity index (χ0) is 10.6. The van der Waals surface area contributed by atoms with Gasteiger partial charge in [-0.2, -0.15) is 0 Å². The third-order valence-electron chi connectivity index (χ3n) is 3.27. The maximum absolute atomic E-state index is 11.1. The summed E-state index contributed by atoms with van der Waals surface area (Å²) in [5, 5.41) is 9.12. The third kappa shape index (κ3) is 2.98. The number of rotatable bonds is 5.